The predicted octanol–water partition coefficient (Wildman–Crippen LogP) is 1.07. The van der Waals surface area contributed by atoms with Crippen LogP contribution in [0.5, 0.6) is 0 Å². The summed E-state index contributed by atoms with van der Waals surface area (Å²) in [5, 5.41) is 0. The highest BCUT2D eigenvalue weighted by molar-refractivity contribution is 9.10. The van der Waals surface area contributed by atoms with E-state index in [0.29, 0.717) is 56.4 Å². The molecule has 3 aromatic rings. The number of fused-ring (bicyclic) bond motifs is 1. The molecule has 2 saturated heterocycles. The van der Waals surface area contributed by atoms with Crippen molar-refractivity contribution in [3.8, 4) is 0 Å². The van der Waals surface area contributed by atoms with Crippen molar-refractivity contribution in [2.75, 3.05) is 37.7 Å². The first-order valence-electron chi connectivity index (χ1n) is 11.4. The fraction of sp³-hybridized carbons (Fsp3) is 0.478. The van der Waals surface area contributed by atoms with Gasteiger partial charge in [-0.1, -0.05) is 28.1 Å². The van der Waals surface area contributed by atoms with Crippen LogP contribution in [0.15, 0.2) is 38.3 Å². The second-order valence-electron chi connectivity index (χ2n) is 8.82. The number of anilines is 1. The summed E-state index contributed by atoms with van der Waals surface area (Å²) in [6, 6.07) is 7.89. The largest absolute Gasteiger partial charge is 0.368 e. The van der Waals surface area contributed by atoms with Crippen molar-refractivity contribution in [3.63, 3.8) is 0 Å². The molecule has 5 rings (SSSR count). The average Bonchev–Trinajstić information content (AvgIpc) is 3.51. The Kier molecular flexibility index (Phi) is 6.07. The summed E-state index contributed by atoms with van der Waals surface area (Å²) in [6.45, 7) is 3.34. The quantitative estimate of drug-likeness (QED) is 0.500. The van der Waals surface area contributed by atoms with Crippen LogP contribution in [0.1, 0.15) is 18.4 Å². The summed E-state index contributed by atoms with van der Waals surface area (Å²) in [7, 11) is 3.11. The molecule has 0 N–H and O–H groups in total. The first-order valence-corrected chi connectivity index (χ1v) is 12.2. The van der Waals surface area contributed by atoms with Crippen LogP contribution in [0.25, 0.3) is 11.2 Å². The Bertz CT molecular complexity index is 1350. The van der Waals surface area contributed by atoms with E-state index < -0.39 is 5.69 Å². The minimum atomic E-state index is -0.413. The molecule has 0 aliphatic carbocycles. The number of halogens is 1. The molecule has 10 nitrogen and oxygen atoms in total. The predicted molar refractivity (Wildman–Crippen MR) is 131 cm³/mol. The Hall–Kier alpha value is -2.92. The van der Waals surface area contributed by atoms with Gasteiger partial charge in [0.05, 0.1) is 6.54 Å². The van der Waals surface area contributed by atoms with Crippen LogP contribution in [0, 0.1) is 0 Å². The third-order valence-electron chi connectivity index (χ3n) is 6.66. The first kappa shape index (κ1) is 22.9. The van der Waals surface area contributed by atoms with E-state index >= 15 is 0 Å². The monoisotopic (exact) mass is 530 g/mol. The SMILES string of the molecule is Cn1c(=O)c2c(nc(N3CCN(C(=O)C4CCCO4)CC3)n2Cc2ccc(Br)cc2)n(C)c1=O. The average molecular weight is 531 g/mol. The standard InChI is InChI=1S/C23H27BrN6O4/c1-26-19-18(21(32)27(2)23(26)33)30(14-15-5-7-16(24)8-6-15)22(25-19)29-11-9-28(10-12-29)20(31)17-4-3-13-34-17/h5-8,17H,3-4,9-14H2,1-2H3. The lowest BCUT2D eigenvalue weighted by molar-refractivity contribution is -0.141. The van der Waals surface area contributed by atoms with Crippen molar-refractivity contribution in [1.82, 2.24) is 23.6 Å². The molecule has 1 atom stereocenters. The highest BCUT2D eigenvalue weighted by Crippen LogP contribution is 2.24. The number of aromatic nitrogens is 4. The Morgan fingerprint density at radius 2 is 1.79 bits per heavy atom. The number of imidazole rings is 1. The van der Waals surface area contributed by atoms with Crippen molar-refractivity contribution < 1.29 is 9.53 Å². The molecule has 2 aliphatic heterocycles. The number of carbonyl (C=O) groups excluding carboxylic acids is 1. The van der Waals surface area contributed by atoms with Crippen LogP contribution in [0.4, 0.5) is 5.95 Å². The second kappa shape index (κ2) is 9.03. The lowest BCUT2D eigenvalue weighted by atomic mass is 10.2. The number of benzene rings is 1. The molecule has 2 fully saturated rings. The van der Waals surface area contributed by atoms with Crippen LogP contribution >= 0.6 is 15.9 Å². The van der Waals surface area contributed by atoms with Crippen LogP contribution < -0.4 is 16.1 Å². The Balaban J connectivity index is 1.51. The summed E-state index contributed by atoms with van der Waals surface area (Å²) in [6.07, 6.45) is 1.37. The van der Waals surface area contributed by atoms with Crippen molar-refractivity contribution in [1.29, 1.82) is 0 Å². The fourth-order valence-corrected chi connectivity index (χ4v) is 4.97. The summed E-state index contributed by atoms with van der Waals surface area (Å²) >= 11 is 3.46. The minimum Gasteiger partial charge on any atom is -0.368 e. The van der Waals surface area contributed by atoms with E-state index in [0.717, 1.165) is 27.4 Å². The van der Waals surface area contributed by atoms with Gasteiger partial charge in [-0.15, -0.1) is 0 Å². The van der Waals surface area contributed by atoms with Gasteiger partial charge in [-0.05, 0) is 30.5 Å². The van der Waals surface area contributed by atoms with Crippen LogP contribution in [0.3, 0.4) is 0 Å². The van der Waals surface area contributed by atoms with E-state index in [1.54, 1.807) is 7.05 Å². The maximum Gasteiger partial charge on any atom is 0.332 e. The Labute approximate surface area is 204 Å². The molecule has 180 valence electrons. The van der Waals surface area contributed by atoms with Gasteiger partial charge in [-0.25, -0.2) is 4.79 Å². The molecule has 11 heteroatoms. The fourth-order valence-electron chi connectivity index (χ4n) is 4.70. The molecular formula is C23H27BrN6O4. The maximum atomic E-state index is 13.1. The molecule has 0 bridgehead atoms. The van der Waals surface area contributed by atoms with Gasteiger partial charge in [0, 0.05) is 51.4 Å². The van der Waals surface area contributed by atoms with Gasteiger partial charge < -0.3 is 14.5 Å². The number of amides is 1. The van der Waals surface area contributed by atoms with E-state index in [2.05, 4.69) is 20.8 Å². The lowest BCUT2D eigenvalue weighted by Crippen LogP contribution is -2.52. The third-order valence-corrected chi connectivity index (χ3v) is 7.19. The molecule has 0 radical (unpaired) electrons. The van der Waals surface area contributed by atoms with Crippen molar-refractivity contribution in [2.45, 2.75) is 25.5 Å². The van der Waals surface area contributed by atoms with Gasteiger partial charge in [0.15, 0.2) is 11.2 Å². The molecule has 0 spiro atoms. The van der Waals surface area contributed by atoms with Crippen molar-refractivity contribution in [3.05, 3.63) is 55.1 Å². The van der Waals surface area contributed by atoms with E-state index in [4.69, 9.17) is 9.72 Å². The van der Waals surface area contributed by atoms with Gasteiger partial charge in [-0.2, -0.15) is 4.98 Å². The smallest absolute Gasteiger partial charge is 0.332 e. The first-order chi connectivity index (χ1) is 16.3. The van der Waals surface area contributed by atoms with Gasteiger partial charge in [-0.3, -0.25) is 23.3 Å². The summed E-state index contributed by atoms with van der Waals surface area (Å²) in [5.74, 6) is 0.678. The van der Waals surface area contributed by atoms with Gasteiger partial charge >= 0.3 is 5.69 Å². The molecule has 0 saturated carbocycles. The van der Waals surface area contributed by atoms with Crippen LogP contribution in [-0.4, -0.2) is 68.4 Å². The molecule has 2 aromatic heterocycles. The van der Waals surface area contributed by atoms with Crippen LogP contribution in [-0.2, 0) is 30.2 Å². The summed E-state index contributed by atoms with van der Waals surface area (Å²) < 4.78 is 11.0. The number of nitrogens with zero attached hydrogens (tertiary/aromatic N) is 6. The van der Waals surface area contributed by atoms with E-state index in [1.165, 1.54) is 11.6 Å². The van der Waals surface area contributed by atoms with E-state index in [9.17, 15) is 14.4 Å². The highest BCUT2D eigenvalue weighted by atomic mass is 79.9. The number of aryl methyl sites for hydroxylation is 1. The summed E-state index contributed by atoms with van der Waals surface area (Å²) in [5.41, 5.74) is 0.968. The van der Waals surface area contributed by atoms with Crippen molar-refractivity contribution in [2.24, 2.45) is 14.1 Å². The number of piperazine rings is 1. The molecular weight excluding hydrogens is 504 g/mol. The zero-order valence-electron chi connectivity index (χ0n) is 19.2. The molecule has 4 heterocycles. The zero-order valence-corrected chi connectivity index (χ0v) is 20.8. The summed E-state index contributed by atoms with van der Waals surface area (Å²) in [4.78, 5) is 47.1. The second-order valence-corrected chi connectivity index (χ2v) is 9.73. The number of ether oxygens (including phenoxy) is 1. The minimum absolute atomic E-state index is 0.0526. The third kappa shape index (κ3) is 3.96. The Morgan fingerprint density at radius 3 is 2.44 bits per heavy atom. The topological polar surface area (TPSA) is 94.6 Å². The lowest BCUT2D eigenvalue weighted by Gasteiger charge is -2.36. The van der Waals surface area contributed by atoms with E-state index in [1.807, 2.05) is 33.7 Å². The highest BCUT2D eigenvalue weighted by Gasteiger charge is 2.32. The van der Waals surface area contributed by atoms with Gasteiger partial charge in [0.1, 0.15) is 6.10 Å². The molecule has 1 amide bonds. The zero-order chi connectivity index (χ0) is 24.0. The van der Waals surface area contributed by atoms with Crippen molar-refractivity contribution >= 4 is 38.9 Å². The van der Waals surface area contributed by atoms with Gasteiger partial charge in [0.2, 0.25) is 5.95 Å². The normalized spacial score (nSPS) is 18.7. The van der Waals surface area contributed by atoms with Gasteiger partial charge in [0.25, 0.3) is 11.5 Å². The van der Waals surface area contributed by atoms with Crippen LogP contribution in [0.2, 0.25) is 0 Å². The molecule has 1 unspecified atom stereocenters. The maximum absolute atomic E-state index is 13.1. The molecule has 2 aliphatic rings. The number of carbonyl (C=O) groups is 1. The van der Waals surface area contributed by atoms with E-state index in [-0.39, 0.29) is 17.6 Å². The molecule has 1 aromatic carbocycles. The number of rotatable bonds is 4. The molecule has 34 heavy (non-hydrogen) atoms. The number of hydrogen-bond acceptors (Lipinski definition) is 6. The Morgan fingerprint density at radius 1 is 1.09 bits per heavy atom. The number of hydrogen-bond donors (Lipinski definition) is 0.